The van der Waals surface area contributed by atoms with Crippen molar-refractivity contribution in [2.45, 2.75) is 5.41 Å². The van der Waals surface area contributed by atoms with Crippen LogP contribution in [0.4, 0.5) is 17.1 Å². The van der Waals surface area contributed by atoms with Gasteiger partial charge in [0, 0.05) is 17.1 Å². The summed E-state index contributed by atoms with van der Waals surface area (Å²) in [5.41, 5.74) is 19.9. The SMILES string of the molecule is c1ccc(-c2ccc(N(c3cccc(-c4ccc5ccccc5c4-c4ccccc4)c3)c3ccc4c(c3)-c3ccccc3C4(c3ccccc3)c3ccccc3)cc2-c2ccccc2)cc1. The lowest BCUT2D eigenvalue weighted by Crippen LogP contribution is -2.28. The van der Waals surface area contributed by atoms with E-state index in [2.05, 4.69) is 278 Å². The largest absolute Gasteiger partial charge is 0.310 e. The van der Waals surface area contributed by atoms with Crippen LogP contribution in [-0.2, 0) is 5.41 Å². The summed E-state index contributed by atoms with van der Waals surface area (Å²) in [5, 5.41) is 2.47. The van der Waals surface area contributed by atoms with E-state index in [9.17, 15) is 0 Å². The van der Waals surface area contributed by atoms with Gasteiger partial charge in [-0.25, -0.2) is 0 Å². The summed E-state index contributed by atoms with van der Waals surface area (Å²) in [4.78, 5) is 2.46. The third kappa shape index (κ3) is 6.56. The van der Waals surface area contributed by atoms with Crippen LogP contribution in [0.15, 0.2) is 273 Å². The zero-order valence-corrected chi connectivity index (χ0v) is 36.4. The molecule has 0 unspecified atom stereocenters. The van der Waals surface area contributed by atoms with Crippen molar-refractivity contribution >= 4 is 27.8 Å². The summed E-state index contributed by atoms with van der Waals surface area (Å²) in [6.07, 6.45) is 0. The predicted octanol–water partition coefficient (Wildman–Crippen LogP) is 17.3. The fourth-order valence-corrected chi connectivity index (χ4v) is 10.7. The number of rotatable bonds is 9. The van der Waals surface area contributed by atoms with E-state index in [1.165, 1.54) is 83.1 Å². The topological polar surface area (TPSA) is 3.24 Å². The summed E-state index contributed by atoms with van der Waals surface area (Å²) >= 11 is 0. The van der Waals surface area contributed by atoms with Crippen LogP contribution < -0.4 is 4.90 Å². The van der Waals surface area contributed by atoms with Gasteiger partial charge in [-0.1, -0.05) is 237 Å². The highest BCUT2D eigenvalue weighted by Crippen LogP contribution is 2.57. The molecule has 12 rings (SSSR count). The number of anilines is 3. The van der Waals surface area contributed by atoms with Crippen molar-refractivity contribution in [1.82, 2.24) is 0 Å². The highest BCUT2D eigenvalue weighted by atomic mass is 15.1. The molecule has 0 bridgehead atoms. The monoisotopic (exact) mass is 839 g/mol. The van der Waals surface area contributed by atoms with E-state index in [0.717, 1.165) is 22.6 Å². The highest BCUT2D eigenvalue weighted by molar-refractivity contribution is 6.04. The Morgan fingerprint density at radius 3 is 1.42 bits per heavy atom. The van der Waals surface area contributed by atoms with Gasteiger partial charge in [-0.2, -0.15) is 0 Å². The highest BCUT2D eigenvalue weighted by Gasteiger charge is 2.46. The van der Waals surface area contributed by atoms with Crippen LogP contribution in [-0.4, -0.2) is 0 Å². The van der Waals surface area contributed by atoms with Gasteiger partial charge in [0.15, 0.2) is 0 Å². The first kappa shape index (κ1) is 39.1. The van der Waals surface area contributed by atoms with Crippen LogP contribution in [0, 0.1) is 0 Å². The average molecular weight is 840 g/mol. The summed E-state index contributed by atoms with van der Waals surface area (Å²) in [6, 6.07) is 100. The first-order valence-electron chi connectivity index (χ1n) is 22.8. The quantitative estimate of drug-likeness (QED) is 0.140. The Kier molecular flexibility index (Phi) is 9.81. The van der Waals surface area contributed by atoms with Crippen molar-refractivity contribution in [3.05, 3.63) is 295 Å². The first-order valence-corrected chi connectivity index (χ1v) is 22.8. The van der Waals surface area contributed by atoms with Gasteiger partial charge in [0.2, 0.25) is 0 Å². The van der Waals surface area contributed by atoms with E-state index in [4.69, 9.17) is 0 Å². The van der Waals surface area contributed by atoms with Gasteiger partial charge in [-0.3, -0.25) is 0 Å². The molecule has 0 atom stereocenters. The maximum absolute atomic E-state index is 2.46. The van der Waals surface area contributed by atoms with E-state index < -0.39 is 5.41 Å². The van der Waals surface area contributed by atoms with E-state index in [1.807, 2.05) is 0 Å². The van der Waals surface area contributed by atoms with E-state index in [1.54, 1.807) is 0 Å². The molecule has 66 heavy (non-hydrogen) atoms. The first-order chi connectivity index (χ1) is 32.8. The van der Waals surface area contributed by atoms with Gasteiger partial charge in [0.05, 0.1) is 5.41 Å². The van der Waals surface area contributed by atoms with Gasteiger partial charge in [0.1, 0.15) is 0 Å². The zero-order valence-electron chi connectivity index (χ0n) is 36.4. The molecule has 0 aromatic heterocycles. The molecule has 0 spiro atoms. The molecule has 310 valence electrons. The molecule has 1 aliphatic carbocycles. The molecule has 11 aromatic carbocycles. The standard InChI is InChI=1S/C65H45N/c1-6-21-46(22-7-1)56-41-38-54(44-60(56)47-23-8-2-9-24-47)66(53-33-20-28-50(43-53)58-40-37-48-25-16-17-34-57(48)64(58)49-26-10-3-11-27-49)55-39-42-63-61(45-55)59-35-18-19-36-62(59)65(63,51-29-12-4-13-30-51)52-31-14-5-15-32-52/h1-45H. The molecule has 1 aliphatic rings. The molecule has 0 saturated carbocycles. The minimum atomic E-state index is -0.487. The Balaban J connectivity index is 1.11. The zero-order chi connectivity index (χ0) is 43.9. The lowest BCUT2D eigenvalue weighted by Gasteiger charge is -2.34. The van der Waals surface area contributed by atoms with Crippen molar-refractivity contribution in [3.63, 3.8) is 0 Å². The molecule has 11 aromatic rings. The molecule has 0 N–H and O–H groups in total. The van der Waals surface area contributed by atoms with Gasteiger partial charge in [-0.05, 0) is 125 Å². The molecule has 0 fully saturated rings. The Labute approximate surface area is 387 Å². The van der Waals surface area contributed by atoms with Gasteiger partial charge in [-0.15, -0.1) is 0 Å². The third-order valence-corrected chi connectivity index (χ3v) is 13.5. The van der Waals surface area contributed by atoms with Crippen LogP contribution in [0.25, 0.3) is 66.4 Å². The second-order valence-electron chi connectivity index (χ2n) is 17.2. The molecule has 0 amide bonds. The summed E-state index contributed by atoms with van der Waals surface area (Å²) in [7, 11) is 0. The van der Waals surface area contributed by atoms with Crippen molar-refractivity contribution in [1.29, 1.82) is 0 Å². The summed E-state index contributed by atoms with van der Waals surface area (Å²) in [5.74, 6) is 0. The fourth-order valence-electron chi connectivity index (χ4n) is 10.7. The summed E-state index contributed by atoms with van der Waals surface area (Å²) < 4.78 is 0. The Morgan fingerprint density at radius 2 is 0.742 bits per heavy atom. The predicted molar refractivity (Wildman–Crippen MR) is 278 cm³/mol. The molecule has 1 nitrogen and oxygen atoms in total. The van der Waals surface area contributed by atoms with Gasteiger partial charge < -0.3 is 4.90 Å². The minimum Gasteiger partial charge on any atom is -0.310 e. The Bertz CT molecular complexity index is 3470. The van der Waals surface area contributed by atoms with Crippen LogP contribution in [0.2, 0.25) is 0 Å². The Hall–Kier alpha value is -8.52. The number of hydrogen-bond acceptors (Lipinski definition) is 1. The van der Waals surface area contributed by atoms with Crippen LogP contribution >= 0.6 is 0 Å². The molecule has 0 radical (unpaired) electrons. The van der Waals surface area contributed by atoms with Crippen molar-refractivity contribution < 1.29 is 0 Å². The minimum absolute atomic E-state index is 0.487. The van der Waals surface area contributed by atoms with E-state index in [0.29, 0.717) is 0 Å². The van der Waals surface area contributed by atoms with Gasteiger partial charge in [0.25, 0.3) is 0 Å². The molecule has 0 aliphatic heterocycles. The third-order valence-electron chi connectivity index (χ3n) is 13.5. The van der Waals surface area contributed by atoms with E-state index >= 15 is 0 Å². The second-order valence-corrected chi connectivity index (χ2v) is 17.2. The number of nitrogens with zero attached hydrogens (tertiary/aromatic N) is 1. The Morgan fingerprint density at radius 1 is 0.258 bits per heavy atom. The maximum Gasteiger partial charge on any atom is 0.0713 e. The average Bonchev–Trinajstić information content (AvgIpc) is 3.70. The number of fused-ring (bicyclic) bond motifs is 4. The second kappa shape index (κ2) is 16.6. The van der Waals surface area contributed by atoms with Crippen LogP contribution in [0.5, 0.6) is 0 Å². The number of benzene rings is 11. The molecule has 0 saturated heterocycles. The summed E-state index contributed by atoms with van der Waals surface area (Å²) in [6.45, 7) is 0. The smallest absolute Gasteiger partial charge is 0.0713 e. The lowest BCUT2D eigenvalue weighted by molar-refractivity contribution is 0.768. The van der Waals surface area contributed by atoms with Crippen LogP contribution in [0.1, 0.15) is 22.3 Å². The van der Waals surface area contributed by atoms with Crippen molar-refractivity contribution in [2.75, 3.05) is 4.90 Å². The van der Waals surface area contributed by atoms with E-state index in [-0.39, 0.29) is 0 Å². The molecule has 0 heterocycles. The van der Waals surface area contributed by atoms with Gasteiger partial charge >= 0.3 is 0 Å². The molecule has 1 heteroatoms. The van der Waals surface area contributed by atoms with Crippen molar-refractivity contribution in [3.8, 4) is 55.6 Å². The number of hydrogen-bond donors (Lipinski definition) is 0. The lowest BCUT2D eigenvalue weighted by atomic mass is 9.68. The fraction of sp³-hybridized carbons (Fsp3) is 0.0154. The molecular weight excluding hydrogens is 795 g/mol. The van der Waals surface area contributed by atoms with Crippen molar-refractivity contribution in [2.24, 2.45) is 0 Å². The van der Waals surface area contributed by atoms with Crippen LogP contribution in [0.3, 0.4) is 0 Å². The maximum atomic E-state index is 2.46. The molecular formula is C65H45N. The normalized spacial score (nSPS) is 12.4.